The van der Waals surface area contributed by atoms with Crippen molar-refractivity contribution in [2.75, 3.05) is 5.32 Å². The summed E-state index contributed by atoms with van der Waals surface area (Å²) in [7, 11) is 0. The van der Waals surface area contributed by atoms with Crippen LogP contribution in [0.4, 0.5) is 24.5 Å². The number of non-ortho nitro benzene ring substituents is 1. The Kier molecular flexibility index (Phi) is 5.43. The van der Waals surface area contributed by atoms with Crippen molar-refractivity contribution < 1.29 is 22.9 Å². The first-order chi connectivity index (χ1) is 11.7. The van der Waals surface area contributed by atoms with Gasteiger partial charge in [-0.05, 0) is 42.0 Å². The number of nitro groups is 1. The molecule has 0 saturated carbocycles. The number of amides is 1. The fraction of sp³-hybridized carbons (Fsp3) is 0.0625. The molecular formula is C16H10ClF3N2O3. The minimum Gasteiger partial charge on any atom is -0.322 e. The van der Waals surface area contributed by atoms with E-state index >= 15 is 0 Å². The van der Waals surface area contributed by atoms with Crippen LogP contribution in [0.15, 0.2) is 48.5 Å². The summed E-state index contributed by atoms with van der Waals surface area (Å²) >= 11 is 5.50. The molecule has 0 fully saturated rings. The number of nitrogens with one attached hydrogen (secondary N) is 1. The van der Waals surface area contributed by atoms with Gasteiger partial charge in [0.25, 0.3) is 5.69 Å². The van der Waals surface area contributed by atoms with E-state index in [1.54, 1.807) is 0 Å². The molecule has 0 bridgehead atoms. The molecule has 0 heterocycles. The smallest absolute Gasteiger partial charge is 0.322 e. The first-order valence-corrected chi connectivity index (χ1v) is 7.15. The molecule has 0 aliphatic heterocycles. The van der Waals surface area contributed by atoms with E-state index in [0.29, 0.717) is 5.56 Å². The molecule has 0 unspecified atom stereocenters. The van der Waals surface area contributed by atoms with Crippen molar-refractivity contribution in [2.45, 2.75) is 6.18 Å². The SMILES string of the molecule is O=C(C=Cc1ccc([N+](=O)[O-])cc1)Nc1ccc(Cl)c(C(F)(F)F)c1. The van der Waals surface area contributed by atoms with Gasteiger partial charge >= 0.3 is 6.18 Å². The molecule has 5 nitrogen and oxygen atoms in total. The molecule has 2 rings (SSSR count). The third-order valence-corrected chi connectivity index (χ3v) is 3.40. The summed E-state index contributed by atoms with van der Waals surface area (Å²) in [5.74, 6) is -0.659. The second-order valence-corrected chi connectivity index (χ2v) is 5.27. The van der Waals surface area contributed by atoms with E-state index in [1.807, 2.05) is 0 Å². The lowest BCUT2D eigenvalue weighted by Gasteiger charge is -2.11. The predicted octanol–water partition coefficient (Wildman–Crippen LogP) is 4.92. The number of halogens is 4. The Hall–Kier alpha value is -2.87. The van der Waals surface area contributed by atoms with Crippen molar-refractivity contribution in [1.82, 2.24) is 0 Å². The molecule has 0 aromatic heterocycles. The molecule has 0 spiro atoms. The number of hydrogen-bond acceptors (Lipinski definition) is 3. The van der Waals surface area contributed by atoms with Gasteiger partial charge in [-0.2, -0.15) is 13.2 Å². The highest BCUT2D eigenvalue weighted by Crippen LogP contribution is 2.36. The third-order valence-electron chi connectivity index (χ3n) is 3.07. The average molecular weight is 371 g/mol. The van der Waals surface area contributed by atoms with Gasteiger partial charge < -0.3 is 5.32 Å². The molecule has 130 valence electrons. The van der Waals surface area contributed by atoms with Crippen molar-refractivity contribution in [3.63, 3.8) is 0 Å². The Morgan fingerprint density at radius 3 is 2.36 bits per heavy atom. The molecule has 0 aliphatic carbocycles. The lowest BCUT2D eigenvalue weighted by atomic mass is 10.2. The van der Waals surface area contributed by atoms with E-state index in [-0.39, 0.29) is 11.4 Å². The highest BCUT2D eigenvalue weighted by atomic mass is 35.5. The first-order valence-electron chi connectivity index (χ1n) is 6.77. The van der Waals surface area contributed by atoms with Crippen LogP contribution in [0.25, 0.3) is 6.08 Å². The summed E-state index contributed by atoms with van der Waals surface area (Å²) in [6, 6.07) is 8.44. The van der Waals surface area contributed by atoms with E-state index in [0.717, 1.165) is 18.2 Å². The number of rotatable bonds is 4. The van der Waals surface area contributed by atoms with Crippen LogP contribution in [-0.4, -0.2) is 10.8 Å². The summed E-state index contributed by atoms with van der Waals surface area (Å²) < 4.78 is 38.3. The molecule has 0 aliphatic rings. The largest absolute Gasteiger partial charge is 0.417 e. The number of hydrogen-bond donors (Lipinski definition) is 1. The van der Waals surface area contributed by atoms with Gasteiger partial charge in [0.1, 0.15) is 0 Å². The van der Waals surface area contributed by atoms with Gasteiger partial charge in [-0.15, -0.1) is 0 Å². The first kappa shape index (κ1) is 18.5. The molecule has 0 saturated heterocycles. The van der Waals surface area contributed by atoms with Gasteiger partial charge in [0.15, 0.2) is 0 Å². The van der Waals surface area contributed by atoms with Crippen molar-refractivity contribution in [3.05, 3.63) is 74.8 Å². The predicted molar refractivity (Wildman–Crippen MR) is 87.2 cm³/mol. The molecule has 25 heavy (non-hydrogen) atoms. The van der Waals surface area contributed by atoms with Gasteiger partial charge in [-0.3, -0.25) is 14.9 Å². The lowest BCUT2D eigenvalue weighted by molar-refractivity contribution is -0.384. The van der Waals surface area contributed by atoms with Crippen LogP contribution in [-0.2, 0) is 11.0 Å². The third kappa shape index (κ3) is 5.05. The minimum atomic E-state index is -4.63. The maximum absolute atomic E-state index is 12.8. The maximum atomic E-state index is 12.8. The lowest BCUT2D eigenvalue weighted by Crippen LogP contribution is -2.11. The fourth-order valence-electron chi connectivity index (χ4n) is 1.88. The molecule has 0 radical (unpaired) electrons. The van der Waals surface area contributed by atoms with Crippen LogP contribution in [0.3, 0.4) is 0 Å². The Bertz CT molecular complexity index is 834. The van der Waals surface area contributed by atoms with Crippen LogP contribution in [0.2, 0.25) is 5.02 Å². The van der Waals surface area contributed by atoms with Gasteiger partial charge in [-0.25, -0.2) is 0 Å². The molecule has 9 heteroatoms. The van der Waals surface area contributed by atoms with E-state index in [4.69, 9.17) is 11.6 Å². The van der Waals surface area contributed by atoms with Gasteiger partial charge in [0.05, 0.1) is 15.5 Å². The monoisotopic (exact) mass is 370 g/mol. The zero-order chi connectivity index (χ0) is 18.6. The second kappa shape index (κ2) is 7.35. The maximum Gasteiger partial charge on any atom is 0.417 e. The Morgan fingerprint density at radius 2 is 1.80 bits per heavy atom. The summed E-state index contributed by atoms with van der Waals surface area (Å²) in [6.07, 6.45) is -2.16. The van der Waals surface area contributed by atoms with Crippen molar-refractivity contribution in [2.24, 2.45) is 0 Å². The van der Waals surface area contributed by atoms with Crippen molar-refractivity contribution in [1.29, 1.82) is 0 Å². The highest BCUT2D eigenvalue weighted by Gasteiger charge is 2.33. The second-order valence-electron chi connectivity index (χ2n) is 4.86. The summed E-state index contributed by atoms with van der Waals surface area (Å²) in [6.45, 7) is 0. The zero-order valence-corrected chi connectivity index (χ0v) is 13.1. The number of alkyl halides is 3. The summed E-state index contributed by atoms with van der Waals surface area (Å²) in [5, 5.41) is 12.4. The van der Waals surface area contributed by atoms with Crippen molar-refractivity contribution >= 4 is 35.0 Å². The van der Waals surface area contributed by atoms with Crippen LogP contribution in [0.1, 0.15) is 11.1 Å². The highest BCUT2D eigenvalue weighted by molar-refractivity contribution is 6.31. The molecule has 2 aromatic rings. The minimum absolute atomic E-state index is 0.0601. The van der Waals surface area contributed by atoms with Crippen LogP contribution in [0, 0.1) is 10.1 Å². The average Bonchev–Trinajstić information content (AvgIpc) is 2.54. The number of anilines is 1. The fourth-order valence-corrected chi connectivity index (χ4v) is 2.11. The Labute approximate surface area is 144 Å². The van der Waals surface area contributed by atoms with Gasteiger partial charge in [0, 0.05) is 23.9 Å². The number of nitro benzene ring substituents is 1. The number of benzene rings is 2. The van der Waals surface area contributed by atoms with E-state index in [1.165, 1.54) is 36.4 Å². The number of carbonyl (C=O) groups is 1. The normalized spacial score (nSPS) is 11.5. The van der Waals surface area contributed by atoms with Crippen molar-refractivity contribution in [3.8, 4) is 0 Å². The van der Waals surface area contributed by atoms with E-state index in [2.05, 4.69) is 5.32 Å². The van der Waals surface area contributed by atoms with Crippen LogP contribution < -0.4 is 5.32 Å². The molecular weight excluding hydrogens is 361 g/mol. The standard InChI is InChI=1S/C16H10ClF3N2O3/c17-14-7-4-11(9-13(14)16(18,19)20)21-15(23)8-3-10-1-5-12(6-2-10)22(24)25/h1-9H,(H,21,23). The van der Waals surface area contributed by atoms with Crippen LogP contribution in [0.5, 0.6) is 0 Å². The quantitative estimate of drug-likeness (QED) is 0.471. The summed E-state index contributed by atoms with van der Waals surface area (Å²) in [4.78, 5) is 21.8. The zero-order valence-electron chi connectivity index (χ0n) is 12.4. The number of carbonyl (C=O) groups excluding carboxylic acids is 1. The Morgan fingerprint density at radius 1 is 1.16 bits per heavy atom. The summed E-state index contributed by atoms with van der Waals surface area (Å²) in [5.41, 5.74) is -0.684. The van der Waals surface area contributed by atoms with Gasteiger partial charge in [-0.1, -0.05) is 11.6 Å². The van der Waals surface area contributed by atoms with E-state index in [9.17, 15) is 28.1 Å². The molecule has 2 aromatic carbocycles. The van der Waals surface area contributed by atoms with E-state index < -0.39 is 27.6 Å². The molecule has 1 N–H and O–H groups in total. The Balaban J connectivity index is 2.08. The topological polar surface area (TPSA) is 72.2 Å². The molecule has 1 amide bonds. The van der Waals surface area contributed by atoms with Gasteiger partial charge in [0.2, 0.25) is 5.91 Å². The number of nitrogens with zero attached hydrogens (tertiary/aromatic N) is 1. The van der Waals surface area contributed by atoms with Crippen LogP contribution >= 0.6 is 11.6 Å². The molecule has 0 atom stereocenters.